The van der Waals surface area contributed by atoms with Gasteiger partial charge in [0.05, 0.1) is 16.6 Å². The molecule has 0 unspecified atom stereocenters. The van der Waals surface area contributed by atoms with Crippen LogP contribution in [-0.2, 0) is 29.3 Å². The molecule has 1 saturated carbocycles. The molecule has 1 aliphatic carbocycles. The molecule has 1 aromatic heterocycles. The summed E-state index contributed by atoms with van der Waals surface area (Å²) < 4.78 is 65.2. The number of nitrogens with zero attached hydrogens (tertiary/aromatic N) is 1. The zero-order chi connectivity index (χ0) is 26.8. The molecule has 4 rings (SSSR count). The first-order valence-corrected chi connectivity index (χ1v) is 14.5. The van der Waals surface area contributed by atoms with Crippen LogP contribution >= 0.6 is 0 Å². The Morgan fingerprint density at radius 3 is 2.27 bits per heavy atom. The molecule has 2 aromatic carbocycles. The highest BCUT2D eigenvalue weighted by Gasteiger charge is 2.41. The minimum absolute atomic E-state index is 0.0339. The highest BCUT2D eigenvalue weighted by atomic mass is 32.2. The van der Waals surface area contributed by atoms with E-state index in [9.17, 15) is 26.4 Å². The van der Waals surface area contributed by atoms with E-state index in [4.69, 9.17) is 0 Å². The van der Waals surface area contributed by atoms with Crippen LogP contribution in [0, 0.1) is 11.8 Å². The smallest absolute Gasteiger partial charge is 0.348 e. The number of sulfone groups is 1. The van der Waals surface area contributed by atoms with Gasteiger partial charge >= 0.3 is 6.18 Å². The summed E-state index contributed by atoms with van der Waals surface area (Å²) in [5.74, 6) is -1.14. The number of nitrogens with one attached hydrogen (secondary N) is 1. The van der Waals surface area contributed by atoms with Gasteiger partial charge in [-0.1, -0.05) is 19.1 Å². The van der Waals surface area contributed by atoms with Crippen molar-refractivity contribution in [2.75, 3.05) is 5.75 Å². The number of aryl methyl sites for hydroxylation is 1. The molecule has 200 valence electrons. The first-order chi connectivity index (χ1) is 17.5. The van der Waals surface area contributed by atoms with E-state index in [1.54, 1.807) is 37.3 Å². The Morgan fingerprint density at radius 1 is 1.00 bits per heavy atom. The Balaban J connectivity index is 1.42. The van der Waals surface area contributed by atoms with Crippen molar-refractivity contribution in [2.45, 2.75) is 70.1 Å². The first-order valence-electron chi connectivity index (χ1n) is 12.8. The number of benzene rings is 2. The van der Waals surface area contributed by atoms with Crippen LogP contribution in [0.2, 0.25) is 0 Å². The average molecular weight is 535 g/mol. The van der Waals surface area contributed by atoms with Crippen LogP contribution in [0.4, 0.5) is 13.2 Å². The average Bonchev–Trinajstić information content (AvgIpc) is 3.23. The molecule has 1 heterocycles. The molecule has 0 bridgehead atoms. The fourth-order valence-electron chi connectivity index (χ4n) is 5.27. The van der Waals surface area contributed by atoms with E-state index >= 15 is 0 Å². The Labute approximate surface area is 216 Å². The number of carbonyl (C=O) groups excluding carboxylic acids is 1. The highest BCUT2D eigenvalue weighted by molar-refractivity contribution is 7.91. The molecule has 37 heavy (non-hydrogen) atoms. The molecular weight excluding hydrogens is 501 g/mol. The third-order valence-electron chi connectivity index (χ3n) is 7.49. The Bertz CT molecular complexity index is 1350. The monoisotopic (exact) mass is 534 g/mol. The quantitative estimate of drug-likeness (QED) is 0.369. The van der Waals surface area contributed by atoms with Gasteiger partial charge in [-0.25, -0.2) is 8.42 Å². The van der Waals surface area contributed by atoms with Gasteiger partial charge in [-0.2, -0.15) is 13.2 Å². The fraction of sp³-hybridized carbons (Fsp3) is 0.464. The number of rotatable bonds is 8. The van der Waals surface area contributed by atoms with Gasteiger partial charge in [-0.05, 0) is 86.9 Å². The number of hydrogen-bond donors (Lipinski definition) is 1. The van der Waals surface area contributed by atoms with Gasteiger partial charge in [0, 0.05) is 35.2 Å². The van der Waals surface area contributed by atoms with E-state index in [-0.39, 0.29) is 41.9 Å². The lowest BCUT2D eigenvalue weighted by atomic mass is 9.79. The lowest BCUT2D eigenvalue weighted by Gasteiger charge is -2.30. The van der Waals surface area contributed by atoms with Crippen LogP contribution in [0.15, 0.2) is 53.4 Å². The molecule has 3 aromatic rings. The number of alkyl halides is 3. The van der Waals surface area contributed by atoms with E-state index in [1.807, 2.05) is 19.1 Å². The molecule has 0 spiro atoms. The Kier molecular flexibility index (Phi) is 8.02. The predicted octanol–water partition coefficient (Wildman–Crippen LogP) is 6.30. The Morgan fingerprint density at radius 2 is 1.68 bits per heavy atom. The standard InChI is InChI=1S/C28H33F3N2O3S/c1-3-33-24(15-19-5-10-23(11-6-19)28(29,30)31)17-22-16-21(9-14-26(22)33)27(34)32-18-20-7-12-25(13-8-20)37(35,36)4-2/h7-9,12-14,16-17,19,23H,3-6,10-11,15,18H2,1-2H3,(H,32,34)/t19-,23-. The van der Waals surface area contributed by atoms with Crippen LogP contribution in [0.3, 0.4) is 0 Å². The maximum atomic E-state index is 13.0. The molecule has 1 amide bonds. The summed E-state index contributed by atoms with van der Waals surface area (Å²) in [5.41, 5.74) is 3.41. The van der Waals surface area contributed by atoms with E-state index in [0.717, 1.165) is 35.1 Å². The van der Waals surface area contributed by atoms with Gasteiger partial charge in [0.25, 0.3) is 5.91 Å². The highest BCUT2D eigenvalue weighted by Crippen LogP contribution is 2.40. The van der Waals surface area contributed by atoms with Crippen LogP contribution in [-0.4, -0.2) is 30.8 Å². The van der Waals surface area contributed by atoms with E-state index in [2.05, 4.69) is 16.0 Å². The van der Waals surface area contributed by atoms with Crippen LogP contribution < -0.4 is 5.32 Å². The van der Waals surface area contributed by atoms with Crippen molar-refractivity contribution in [2.24, 2.45) is 11.8 Å². The van der Waals surface area contributed by atoms with Gasteiger partial charge in [-0.3, -0.25) is 4.79 Å². The zero-order valence-corrected chi connectivity index (χ0v) is 22.0. The van der Waals surface area contributed by atoms with Crippen molar-refractivity contribution in [3.8, 4) is 0 Å². The third kappa shape index (κ3) is 6.20. The molecule has 1 fully saturated rings. The molecular formula is C28H33F3N2O3S. The SMILES string of the molecule is CCn1c(C[C@H]2CC[C@H](C(F)(F)F)CC2)cc2cc(C(=O)NCc3ccc(S(=O)(=O)CC)cc3)ccc21. The van der Waals surface area contributed by atoms with Crippen LogP contribution in [0.1, 0.15) is 61.1 Å². The molecule has 0 aliphatic heterocycles. The largest absolute Gasteiger partial charge is 0.391 e. The number of amides is 1. The van der Waals surface area contributed by atoms with Gasteiger partial charge < -0.3 is 9.88 Å². The van der Waals surface area contributed by atoms with Gasteiger partial charge in [0.15, 0.2) is 9.84 Å². The summed E-state index contributed by atoms with van der Waals surface area (Å²) in [7, 11) is -3.27. The maximum absolute atomic E-state index is 13.0. The van der Waals surface area contributed by atoms with Gasteiger partial charge in [0.2, 0.25) is 0 Å². The summed E-state index contributed by atoms with van der Waals surface area (Å²) in [5, 5.41) is 3.82. The summed E-state index contributed by atoms with van der Waals surface area (Å²) >= 11 is 0. The first kappa shape index (κ1) is 27.2. The fourth-order valence-corrected chi connectivity index (χ4v) is 6.15. The molecule has 0 radical (unpaired) electrons. The summed E-state index contributed by atoms with van der Waals surface area (Å²) in [6.07, 6.45) is -1.81. The van der Waals surface area contributed by atoms with E-state index in [0.29, 0.717) is 18.4 Å². The maximum Gasteiger partial charge on any atom is 0.391 e. The topological polar surface area (TPSA) is 68.2 Å². The summed E-state index contributed by atoms with van der Waals surface area (Å²) in [6, 6.07) is 14.1. The second kappa shape index (κ2) is 10.9. The predicted molar refractivity (Wildman–Crippen MR) is 138 cm³/mol. The number of hydrogen-bond acceptors (Lipinski definition) is 3. The van der Waals surface area contributed by atoms with Gasteiger partial charge in [0.1, 0.15) is 0 Å². The Hall–Kier alpha value is -2.81. The second-order valence-corrected chi connectivity index (χ2v) is 12.1. The molecule has 9 heteroatoms. The third-order valence-corrected chi connectivity index (χ3v) is 9.24. The molecule has 0 saturated heterocycles. The van der Waals surface area contributed by atoms with Crippen molar-refractivity contribution >= 4 is 26.6 Å². The van der Waals surface area contributed by atoms with E-state index in [1.165, 1.54) is 0 Å². The van der Waals surface area contributed by atoms with Gasteiger partial charge in [-0.15, -0.1) is 0 Å². The van der Waals surface area contributed by atoms with E-state index < -0.39 is 21.9 Å². The van der Waals surface area contributed by atoms with Crippen LogP contribution in [0.5, 0.6) is 0 Å². The number of halogens is 3. The normalized spacial score (nSPS) is 18.7. The molecule has 0 atom stereocenters. The molecule has 1 aliphatic rings. The number of aromatic nitrogens is 1. The number of carbonyl (C=O) groups is 1. The zero-order valence-electron chi connectivity index (χ0n) is 21.1. The van der Waals surface area contributed by atoms with Crippen molar-refractivity contribution < 1.29 is 26.4 Å². The van der Waals surface area contributed by atoms with Crippen molar-refractivity contribution in [3.63, 3.8) is 0 Å². The van der Waals surface area contributed by atoms with Crippen molar-refractivity contribution in [3.05, 3.63) is 65.4 Å². The van der Waals surface area contributed by atoms with Crippen LogP contribution in [0.25, 0.3) is 10.9 Å². The summed E-state index contributed by atoms with van der Waals surface area (Å²) in [4.78, 5) is 13.1. The summed E-state index contributed by atoms with van der Waals surface area (Å²) in [6.45, 7) is 4.65. The minimum Gasteiger partial charge on any atom is -0.348 e. The number of fused-ring (bicyclic) bond motifs is 1. The molecule has 1 N–H and O–H groups in total. The second-order valence-electron chi connectivity index (χ2n) is 9.85. The van der Waals surface area contributed by atoms with Crippen molar-refractivity contribution in [1.82, 2.24) is 9.88 Å². The lowest BCUT2D eigenvalue weighted by Crippen LogP contribution is -2.28. The molecule has 5 nitrogen and oxygen atoms in total. The minimum atomic E-state index is -4.10. The lowest BCUT2D eigenvalue weighted by molar-refractivity contribution is -0.183. The van der Waals surface area contributed by atoms with Crippen molar-refractivity contribution in [1.29, 1.82) is 0 Å².